The Morgan fingerprint density at radius 2 is 2.08 bits per heavy atom. The number of esters is 2. The van der Waals surface area contributed by atoms with Crippen LogP contribution in [0.4, 0.5) is 0 Å². The number of fused-ring (bicyclic) bond motifs is 2. The molecule has 3 rings (SSSR count). The van der Waals surface area contributed by atoms with Crippen LogP contribution >= 0.6 is 0 Å². The highest BCUT2D eigenvalue weighted by molar-refractivity contribution is 5.87. The molecule has 0 radical (unpaired) electrons. The van der Waals surface area contributed by atoms with E-state index in [1.807, 2.05) is 30.3 Å². The van der Waals surface area contributed by atoms with Crippen LogP contribution in [0.2, 0.25) is 0 Å². The maximum absolute atomic E-state index is 12.3. The van der Waals surface area contributed by atoms with Gasteiger partial charge in [0, 0.05) is 12.8 Å². The number of nitrogens with zero attached hydrogens (tertiary/aromatic N) is 1. The normalized spacial score (nSPS) is 23.0. The number of amides is 1. The molecule has 0 saturated carbocycles. The Labute approximate surface area is 140 Å². The fourth-order valence-corrected chi connectivity index (χ4v) is 3.10. The van der Waals surface area contributed by atoms with Crippen molar-refractivity contribution >= 4 is 17.8 Å². The second kappa shape index (κ2) is 7.03. The van der Waals surface area contributed by atoms with Crippen molar-refractivity contribution in [1.82, 2.24) is 4.90 Å². The number of likely N-dealkylation sites (tertiary alicyclic amines) is 1. The van der Waals surface area contributed by atoms with Gasteiger partial charge in [-0.25, -0.2) is 4.79 Å². The number of carbonyl (C=O) groups excluding carboxylic acids is 3. The highest BCUT2D eigenvalue weighted by Crippen LogP contribution is 2.29. The van der Waals surface area contributed by atoms with E-state index >= 15 is 0 Å². The van der Waals surface area contributed by atoms with Gasteiger partial charge in [-0.1, -0.05) is 37.3 Å². The minimum Gasteiger partial charge on any atom is -0.461 e. The van der Waals surface area contributed by atoms with E-state index in [4.69, 9.17) is 9.47 Å². The molecule has 0 aliphatic carbocycles. The molecule has 2 aliphatic rings. The summed E-state index contributed by atoms with van der Waals surface area (Å²) >= 11 is 0. The van der Waals surface area contributed by atoms with Crippen molar-refractivity contribution in [2.45, 2.75) is 44.9 Å². The summed E-state index contributed by atoms with van der Waals surface area (Å²) in [5.41, 5.74) is 0.931. The molecule has 1 aromatic rings. The van der Waals surface area contributed by atoms with Crippen molar-refractivity contribution in [1.29, 1.82) is 0 Å². The largest absolute Gasteiger partial charge is 0.461 e. The Balaban J connectivity index is 1.42. The van der Waals surface area contributed by atoms with Crippen molar-refractivity contribution in [3.05, 3.63) is 35.9 Å². The molecule has 6 heteroatoms. The molecule has 2 bridgehead atoms. The van der Waals surface area contributed by atoms with Crippen LogP contribution in [0.25, 0.3) is 0 Å². The summed E-state index contributed by atoms with van der Waals surface area (Å²) in [5.74, 6) is -1.07. The van der Waals surface area contributed by atoms with Crippen LogP contribution in [0, 0.1) is 5.92 Å². The van der Waals surface area contributed by atoms with Gasteiger partial charge in [0.2, 0.25) is 5.91 Å². The Bertz CT molecular complexity index is 630. The Morgan fingerprint density at radius 3 is 2.75 bits per heavy atom. The minimum atomic E-state index is -0.428. The molecule has 0 aromatic heterocycles. The lowest BCUT2D eigenvalue weighted by Crippen LogP contribution is -2.44. The molecule has 0 spiro atoms. The first-order valence-electron chi connectivity index (χ1n) is 8.25. The fourth-order valence-electron chi connectivity index (χ4n) is 3.10. The minimum absolute atomic E-state index is 0.0955. The van der Waals surface area contributed by atoms with Gasteiger partial charge in [0.25, 0.3) is 0 Å². The second-order valence-electron chi connectivity index (χ2n) is 6.39. The summed E-state index contributed by atoms with van der Waals surface area (Å²) in [6, 6.07) is 9.04. The van der Waals surface area contributed by atoms with Gasteiger partial charge in [0.05, 0.1) is 12.5 Å². The van der Waals surface area contributed by atoms with E-state index < -0.39 is 6.04 Å². The average Bonchev–Trinajstić information content (AvgIpc) is 3.17. The summed E-state index contributed by atoms with van der Waals surface area (Å²) in [4.78, 5) is 37.4. The van der Waals surface area contributed by atoms with Gasteiger partial charge >= 0.3 is 11.9 Å². The van der Waals surface area contributed by atoms with Crippen molar-refractivity contribution in [2.75, 3.05) is 6.54 Å². The topological polar surface area (TPSA) is 72.9 Å². The monoisotopic (exact) mass is 331 g/mol. The fraction of sp³-hybridized carbons (Fsp3) is 0.500. The molecule has 6 nitrogen and oxygen atoms in total. The van der Waals surface area contributed by atoms with Gasteiger partial charge in [-0.3, -0.25) is 9.59 Å². The molecule has 2 heterocycles. The standard InChI is InChI=1S/C18H21NO5/c1-12(17(21)23-11-13-5-3-2-4-6-13)7-8-16(20)19-10-14-9-15(19)18(22)24-14/h2-6,12,14-15H,7-11H2,1H3/t12-,14-,15+/m0/s1. The van der Waals surface area contributed by atoms with Gasteiger partial charge in [-0.05, 0) is 12.0 Å². The summed E-state index contributed by atoms with van der Waals surface area (Å²) in [5, 5.41) is 0. The van der Waals surface area contributed by atoms with Crippen molar-refractivity contribution < 1.29 is 23.9 Å². The highest BCUT2D eigenvalue weighted by atomic mass is 16.6. The van der Waals surface area contributed by atoms with Crippen molar-refractivity contribution in [2.24, 2.45) is 5.92 Å². The van der Waals surface area contributed by atoms with E-state index in [2.05, 4.69) is 0 Å². The van der Waals surface area contributed by atoms with Crippen LogP contribution < -0.4 is 0 Å². The zero-order valence-corrected chi connectivity index (χ0v) is 13.6. The van der Waals surface area contributed by atoms with Gasteiger partial charge in [-0.2, -0.15) is 0 Å². The molecule has 24 heavy (non-hydrogen) atoms. The van der Waals surface area contributed by atoms with E-state index in [1.54, 1.807) is 11.8 Å². The van der Waals surface area contributed by atoms with Gasteiger partial charge < -0.3 is 14.4 Å². The van der Waals surface area contributed by atoms with Gasteiger partial charge in [-0.15, -0.1) is 0 Å². The third-order valence-corrected chi connectivity index (χ3v) is 4.56. The molecule has 2 saturated heterocycles. The number of carbonyl (C=O) groups is 3. The van der Waals surface area contributed by atoms with Crippen LogP contribution in [0.15, 0.2) is 30.3 Å². The quantitative estimate of drug-likeness (QED) is 0.742. The third kappa shape index (κ3) is 3.58. The average molecular weight is 331 g/mol. The zero-order chi connectivity index (χ0) is 17.1. The van der Waals surface area contributed by atoms with Crippen molar-refractivity contribution in [3.8, 4) is 0 Å². The summed E-state index contributed by atoms with van der Waals surface area (Å²) in [6.45, 7) is 2.47. The number of rotatable bonds is 6. The maximum Gasteiger partial charge on any atom is 0.329 e. The second-order valence-corrected chi connectivity index (χ2v) is 6.39. The first-order chi connectivity index (χ1) is 11.5. The highest BCUT2D eigenvalue weighted by Gasteiger charge is 2.48. The lowest BCUT2D eigenvalue weighted by Gasteiger charge is -2.26. The zero-order valence-electron chi connectivity index (χ0n) is 13.6. The summed E-state index contributed by atoms with van der Waals surface area (Å²) in [6.07, 6.45) is 1.09. The first kappa shape index (κ1) is 16.5. The van der Waals surface area contributed by atoms with Crippen LogP contribution in [0.3, 0.4) is 0 Å². The molecule has 2 fully saturated rings. The maximum atomic E-state index is 12.3. The number of morpholine rings is 1. The number of hydrogen-bond acceptors (Lipinski definition) is 5. The molecule has 0 unspecified atom stereocenters. The molecule has 3 atom stereocenters. The van der Waals surface area contributed by atoms with Crippen LogP contribution in [0.1, 0.15) is 31.7 Å². The summed E-state index contributed by atoms with van der Waals surface area (Å²) in [7, 11) is 0. The summed E-state index contributed by atoms with van der Waals surface area (Å²) < 4.78 is 10.3. The molecule has 2 aliphatic heterocycles. The Hall–Kier alpha value is -2.37. The van der Waals surface area contributed by atoms with E-state index in [-0.39, 0.29) is 42.9 Å². The number of hydrogen-bond donors (Lipinski definition) is 0. The molecule has 1 amide bonds. The first-order valence-corrected chi connectivity index (χ1v) is 8.25. The lowest BCUT2D eigenvalue weighted by atomic mass is 10.1. The SMILES string of the molecule is C[C@@H](CCC(=O)N1C[C@@H]2C[C@@H]1C(=O)O2)C(=O)OCc1ccccc1. The van der Waals surface area contributed by atoms with E-state index in [1.165, 1.54) is 0 Å². The van der Waals surface area contributed by atoms with Crippen molar-refractivity contribution in [3.63, 3.8) is 0 Å². The predicted molar refractivity (Wildman–Crippen MR) is 84.6 cm³/mol. The Morgan fingerprint density at radius 1 is 1.33 bits per heavy atom. The van der Waals surface area contributed by atoms with Crippen LogP contribution in [-0.2, 0) is 30.5 Å². The number of ether oxygens (including phenoxy) is 2. The Kier molecular flexibility index (Phi) is 4.83. The molecule has 128 valence electrons. The number of benzene rings is 1. The lowest BCUT2D eigenvalue weighted by molar-refractivity contribution is -0.157. The van der Waals surface area contributed by atoms with Gasteiger partial charge in [0.1, 0.15) is 18.8 Å². The van der Waals surface area contributed by atoms with E-state index in [9.17, 15) is 14.4 Å². The van der Waals surface area contributed by atoms with E-state index in [0.717, 1.165) is 5.56 Å². The third-order valence-electron chi connectivity index (χ3n) is 4.56. The molecule has 0 N–H and O–H groups in total. The molecule has 1 aromatic carbocycles. The van der Waals surface area contributed by atoms with E-state index in [0.29, 0.717) is 19.4 Å². The van der Waals surface area contributed by atoms with Gasteiger partial charge in [0.15, 0.2) is 0 Å². The smallest absolute Gasteiger partial charge is 0.329 e. The van der Waals surface area contributed by atoms with Crippen LogP contribution in [0.5, 0.6) is 0 Å². The molecular formula is C18H21NO5. The van der Waals surface area contributed by atoms with Crippen LogP contribution in [-0.4, -0.2) is 41.4 Å². The predicted octanol–water partition coefficient (Wildman–Crippen LogP) is 1.67. The molecular weight excluding hydrogens is 310 g/mol.